The second-order valence-corrected chi connectivity index (χ2v) is 4.28. The van der Waals surface area contributed by atoms with Crippen molar-refractivity contribution in [1.82, 2.24) is 5.32 Å². The van der Waals surface area contributed by atoms with Gasteiger partial charge in [-0.1, -0.05) is 12.2 Å². The van der Waals surface area contributed by atoms with Gasteiger partial charge >= 0.3 is 0 Å². The van der Waals surface area contributed by atoms with Crippen LogP contribution in [0.25, 0.3) is 0 Å². The van der Waals surface area contributed by atoms with E-state index in [1.807, 2.05) is 0 Å². The Morgan fingerprint density at radius 2 is 1.45 bits per heavy atom. The van der Waals surface area contributed by atoms with Crippen molar-refractivity contribution in [3.8, 4) is 0 Å². The third-order valence-electron chi connectivity index (χ3n) is 3.85. The second-order valence-electron chi connectivity index (χ2n) is 4.28. The summed E-state index contributed by atoms with van der Waals surface area (Å²) in [5.74, 6) is 3.86. The molecule has 0 unspecified atom stereocenters. The van der Waals surface area contributed by atoms with Crippen molar-refractivity contribution >= 4 is 0 Å². The van der Waals surface area contributed by atoms with E-state index in [-0.39, 0.29) is 0 Å². The summed E-state index contributed by atoms with van der Waals surface area (Å²) in [6, 6.07) is 0. The van der Waals surface area contributed by atoms with Crippen LogP contribution in [0.3, 0.4) is 0 Å². The largest absolute Gasteiger partial charge is 0.316 e. The second kappa shape index (κ2) is 2.10. The van der Waals surface area contributed by atoms with E-state index in [9.17, 15) is 0 Å². The minimum Gasteiger partial charge on any atom is -0.316 e. The van der Waals surface area contributed by atoms with Gasteiger partial charge < -0.3 is 5.32 Å². The summed E-state index contributed by atoms with van der Waals surface area (Å²) in [4.78, 5) is 0. The molecule has 3 aliphatic carbocycles. The standard InChI is InChI=1S/C10H15N/c1-2-8-4-3-7(1)9-5-11-6-10(8)9/h1-2,7-11H,3-6H2/t7-,8-,9-,10+/m0/s1. The molecule has 11 heavy (non-hydrogen) atoms. The van der Waals surface area contributed by atoms with E-state index in [1.165, 1.54) is 25.9 Å². The highest BCUT2D eigenvalue weighted by Gasteiger charge is 2.42. The van der Waals surface area contributed by atoms with Crippen LogP contribution in [0, 0.1) is 23.7 Å². The zero-order chi connectivity index (χ0) is 7.26. The molecule has 0 aromatic carbocycles. The van der Waals surface area contributed by atoms with Gasteiger partial charge in [-0.2, -0.15) is 0 Å². The van der Waals surface area contributed by atoms with E-state index in [4.69, 9.17) is 0 Å². The lowest BCUT2D eigenvalue weighted by Gasteiger charge is -2.40. The predicted octanol–water partition coefficient (Wildman–Crippen LogP) is 1.42. The van der Waals surface area contributed by atoms with Crippen molar-refractivity contribution in [1.29, 1.82) is 0 Å². The predicted molar refractivity (Wildman–Crippen MR) is 45.2 cm³/mol. The summed E-state index contributed by atoms with van der Waals surface area (Å²) in [6.45, 7) is 2.58. The molecule has 4 atom stereocenters. The summed E-state index contributed by atoms with van der Waals surface area (Å²) in [7, 11) is 0. The Hall–Kier alpha value is -0.300. The van der Waals surface area contributed by atoms with Crippen molar-refractivity contribution in [2.45, 2.75) is 12.8 Å². The number of hydrogen-bond donors (Lipinski definition) is 1. The first kappa shape index (κ1) is 6.24. The average molecular weight is 149 g/mol. The molecule has 0 aromatic heterocycles. The van der Waals surface area contributed by atoms with Crippen LogP contribution in [0.5, 0.6) is 0 Å². The van der Waals surface area contributed by atoms with Crippen molar-refractivity contribution < 1.29 is 0 Å². The Morgan fingerprint density at radius 3 is 1.91 bits per heavy atom. The summed E-state index contributed by atoms with van der Waals surface area (Å²) in [5, 5.41) is 3.53. The molecule has 0 spiro atoms. The van der Waals surface area contributed by atoms with Crippen LogP contribution in [0.4, 0.5) is 0 Å². The lowest BCUT2D eigenvalue weighted by molar-refractivity contribution is 0.169. The third-order valence-corrected chi connectivity index (χ3v) is 3.85. The van der Waals surface area contributed by atoms with Gasteiger partial charge in [0.2, 0.25) is 0 Å². The molecule has 1 aliphatic heterocycles. The van der Waals surface area contributed by atoms with E-state index in [2.05, 4.69) is 17.5 Å². The molecule has 1 N–H and O–H groups in total. The van der Waals surface area contributed by atoms with Crippen LogP contribution in [0.2, 0.25) is 0 Å². The highest BCUT2D eigenvalue weighted by Crippen LogP contribution is 2.45. The maximum absolute atomic E-state index is 3.53. The van der Waals surface area contributed by atoms with E-state index in [0.717, 1.165) is 23.7 Å². The van der Waals surface area contributed by atoms with E-state index >= 15 is 0 Å². The van der Waals surface area contributed by atoms with Crippen LogP contribution in [-0.2, 0) is 0 Å². The summed E-state index contributed by atoms with van der Waals surface area (Å²) >= 11 is 0. The van der Waals surface area contributed by atoms with Crippen molar-refractivity contribution in [3.05, 3.63) is 12.2 Å². The number of hydrogen-bond acceptors (Lipinski definition) is 1. The number of allylic oxidation sites excluding steroid dienone is 2. The molecule has 2 bridgehead atoms. The Labute approximate surface area is 67.9 Å². The summed E-state index contributed by atoms with van der Waals surface area (Å²) < 4.78 is 0. The van der Waals surface area contributed by atoms with Crippen molar-refractivity contribution in [3.63, 3.8) is 0 Å². The van der Waals surface area contributed by atoms with E-state index in [1.54, 1.807) is 0 Å². The quantitative estimate of drug-likeness (QED) is 0.514. The third kappa shape index (κ3) is 0.750. The van der Waals surface area contributed by atoms with Crippen LogP contribution in [0.15, 0.2) is 12.2 Å². The lowest BCUT2D eigenvalue weighted by Crippen LogP contribution is -2.35. The van der Waals surface area contributed by atoms with Crippen LogP contribution in [0.1, 0.15) is 12.8 Å². The molecule has 60 valence electrons. The Bertz CT molecular complexity index is 177. The van der Waals surface area contributed by atoms with E-state index < -0.39 is 0 Å². The SMILES string of the molecule is C1=C[C@H]2CC[C@H]1[C@@H]1CNC[C@@H]12. The fraction of sp³-hybridized carbons (Fsp3) is 0.800. The van der Waals surface area contributed by atoms with Gasteiger partial charge in [-0.05, 0) is 49.6 Å². The molecule has 1 saturated heterocycles. The molecule has 1 nitrogen and oxygen atoms in total. The number of fused-ring (bicyclic) bond motifs is 1. The molecule has 0 aromatic rings. The topological polar surface area (TPSA) is 12.0 Å². The van der Waals surface area contributed by atoms with E-state index in [0.29, 0.717) is 0 Å². The zero-order valence-corrected chi connectivity index (χ0v) is 6.79. The van der Waals surface area contributed by atoms with Gasteiger partial charge in [0.25, 0.3) is 0 Å². The number of nitrogens with one attached hydrogen (secondary N) is 1. The van der Waals surface area contributed by atoms with Gasteiger partial charge in [-0.25, -0.2) is 0 Å². The molecular weight excluding hydrogens is 134 g/mol. The maximum atomic E-state index is 3.53. The van der Waals surface area contributed by atoms with Gasteiger partial charge in [0, 0.05) is 0 Å². The van der Waals surface area contributed by atoms with Crippen LogP contribution < -0.4 is 5.32 Å². The first-order chi connectivity index (χ1) is 5.45. The molecule has 4 rings (SSSR count). The Morgan fingerprint density at radius 1 is 0.909 bits per heavy atom. The molecule has 4 aliphatic rings. The highest BCUT2D eigenvalue weighted by molar-refractivity contribution is 5.12. The van der Waals surface area contributed by atoms with Gasteiger partial charge in [0.05, 0.1) is 0 Å². The fourth-order valence-electron chi connectivity index (χ4n) is 3.23. The normalized spacial score (nSPS) is 53.1. The monoisotopic (exact) mass is 149 g/mol. The molecular formula is C10H15N. The highest BCUT2D eigenvalue weighted by atomic mass is 14.9. The molecule has 1 saturated carbocycles. The first-order valence-corrected chi connectivity index (χ1v) is 4.84. The lowest BCUT2D eigenvalue weighted by atomic mass is 9.64. The minimum absolute atomic E-state index is 0.931. The Kier molecular flexibility index (Phi) is 1.19. The van der Waals surface area contributed by atoms with Crippen LogP contribution in [-0.4, -0.2) is 13.1 Å². The minimum atomic E-state index is 0.931. The fourth-order valence-corrected chi connectivity index (χ4v) is 3.23. The summed E-state index contributed by atoms with van der Waals surface area (Å²) in [5.41, 5.74) is 0. The van der Waals surface area contributed by atoms with Gasteiger partial charge in [-0.3, -0.25) is 0 Å². The van der Waals surface area contributed by atoms with Gasteiger partial charge in [-0.15, -0.1) is 0 Å². The molecule has 2 fully saturated rings. The average Bonchev–Trinajstić information content (AvgIpc) is 2.55. The smallest absolute Gasteiger partial charge is 0.00114 e. The number of rotatable bonds is 0. The van der Waals surface area contributed by atoms with Crippen molar-refractivity contribution in [2.75, 3.05) is 13.1 Å². The zero-order valence-electron chi connectivity index (χ0n) is 6.79. The molecule has 0 amide bonds. The Balaban J connectivity index is 1.97. The van der Waals surface area contributed by atoms with Crippen LogP contribution >= 0.6 is 0 Å². The van der Waals surface area contributed by atoms with Gasteiger partial charge in [0.15, 0.2) is 0 Å². The molecule has 0 radical (unpaired) electrons. The summed E-state index contributed by atoms with van der Waals surface area (Å²) in [6.07, 6.45) is 7.87. The maximum Gasteiger partial charge on any atom is -0.00114 e. The first-order valence-electron chi connectivity index (χ1n) is 4.84. The van der Waals surface area contributed by atoms with Gasteiger partial charge in [0.1, 0.15) is 0 Å². The molecule has 1 heteroatoms. The molecule has 1 heterocycles. The van der Waals surface area contributed by atoms with Crippen molar-refractivity contribution in [2.24, 2.45) is 23.7 Å².